The molecule has 0 amide bonds. The normalized spacial score (nSPS) is 19.0. The zero-order chi connectivity index (χ0) is 14.5. The van der Waals surface area contributed by atoms with E-state index in [1.807, 2.05) is 23.1 Å². The second-order valence-electron chi connectivity index (χ2n) is 4.97. The molecule has 0 bridgehead atoms. The number of ether oxygens (including phenoxy) is 2. The molecule has 0 spiro atoms. The largest absolute Gasteiger partial charge is 0.493 e. The number of nitrogens with zero attached hydrogens (tertiary/aromatic N) is 1. The van der Waals surface area contributed by atoms with Gasteiger partial charge in [-0.1, -0.05) is 6.07 Å². The standard InChI is InChI=1S/C15H21NO4/c1-19-13-6-5-11(10-14(13)20-2)7-9-16-8-3-4-12(16)15(17)18/h5-6,10,12H,3-4,7-9H2,1-2H3,(H,17,18)/t12-/m0/s1. The van der Waals surface area contributed by atoms with Crippen molar-refractivity contribution < 1.29 is 19.4 Å². The molecule has 5 nitrogen and oxygen atoms in total. The van der Waals surface area contributed by atoms with Crippen LogP contribution in [0.15, 0.2) is 18.2 Å². The zero-order valence-corrected chi connectivity index (χ0v) is 12.0. The second-order valence-corrected chi connectivity index (χ2v) is 4.97. The predicted molar refractivity (Wildman–Crippen MR) is 75.5 cm³/mol. The van der Waals surface area contributed by atoms with Crippen LogP contribution in [0.25, 0.3) is 0 Å². The molecule has 0 aliphatic carbocycles. The van der Waals surface area contributed by atoms with Crippen LogP contribution in [-0.4, -0.2) is 49.3 Å². The van der Waals surface area contributed by atoms with Gasteiger partial charge in [-0.2, -0.15) is 0 Å². The number of hydrogen-bond acceptors (Lipinski definition) is 4. The molecule has 1 N–H and O–H groups in total. The van der Waals surface area contributed by atoms with Gasteiger partial charge in [0.05, 0.1) is 14.2 Å². The Morgan fingerprint density at radius 3 is 2.75 bits per heavy atom. The third kappa shape index (κ3) is 3.22. The molecule has 0 unspecified atom stereocenters. The van der Waals surface area contributed by atoms with Gasteiger partial charge >= 0.3 is 5.97 Å². The van der Waals surface area contributed by atoms with Gasteiger partial charge in [-0.25, -0.2) is 0 Å². The van der Waals surface area contributed by atoms with Crippen molar-refractivity contribution >= 4 is 5.97 Å². The lowest BCUT2D eigenvalue weighted by Crippen LogP contribution is -2.37. The Balaban J connectivity index is 1.98. The van der Waals surface area contributed by atoms with E-state index in [9.17, 15) is 4.79 Å². The van der Waals surface area contributed by atoms with Crippen LogP contribution >= 0.6 is 0 Å². The van der Waals surface area contributed by atoms with Gasteiger partial charge < -0.3 is 14.6 Å². The van der Waals surface area contributed by atoms with E-state index in [0.717, 1.165) is 37.9 Å². The molecule has 0 radical (unpaired) electrons. The summed E-state index contributed by atoms with van der Waals surface area (Å²) in [5.74, 6) is 0.705. The van der Waals surface area contributed by atoms with Crippen LogP contribution in [-0.2, 0) is 11.2 Å². The van der Waals surface area contributed by atoms with E-state index in [2.05, 4.69) is 0 Å². The van der Waals surface area contributed by atoms with Gasteiger partial charge in [0.15, 0.2) is 11.5 Å². The summed E-state index contributed by atoms with van der Waals surface area (Å²) in [5, 5.41) is 9.15. The summed E-state index contributed by atoms with van der Waals surface area (Å²) in [5.41, 5.74) is 1.12. The van der Waals surface area contributed by atoms with Gasteiger partial charge in [-0.15, -0.1) is 0 Å². The zero-order valence-electron chi connectivity index (χ0n) is 12.0. The molecule has 1 aromatic carbocycles. The average Bonchev–Trinajstić information content (AvgIpc) is 2.93. The van der Waals surface area contributed by atoms with E-state index >= 15 is 0 Å². The van der Waals surface area contributed by atoms with E-state index in [4.69, 9.17) is 14.6 Å². The van der Waals surface area contributed by atoms with Gasteiger partial charge in [0.2, 0.25) is 0 Å². The maximum Gasteiger partial charge on any atom is 0.320 e. The Hall–Kier alpha value is -1.75. The molecule has 1 heterocycles. The van der Waals surface area contributed by atoms with Crippen molar-refractivity contribution in [1.29, 1.82) is 0 Å². The highest BCUT2D eigenvalue weighted by atomic mass is 16.5. The summed E-state index contributed by atoms with van der Waals surface area (Å²) in [6.07, 6.45) is 2.52. The molecule has 1 fully saturated rings. The quantitative estimate of drug-likeness (QED) is 0.860. The Morgan fingerprint density at radius 1 is 1.35 bits per heavy atom. The highest BCUT2D eigenvalue weighted by molar-refractivity contribution is 5.73. The lowest BCUT2D eigenvalue weighted by Gasteiger charge is -2.21. The van der Waals surface area contributed by atoms with Gasteiger partial charge in [0.1, 0.15) is 6.04 Å². The smallest absolute Gasteiger partial charge is 0.320 e. The van der Waals surface area contributed by atoms with Crippen molar-refractivity contribution in [2.24, 2.45) is 0 Å². The van der Waals surface area contributed by atoms with Crippen molar-refractivity contribution in [3.63, 3.8) is 0 Å². The van der Waals surface area contributed by atoms with E-state index in [1.54, 1.807) is 14.2 Å². The van der Waals surface area contributed by atoms with Crippen molar-refractivity contribution in [2.45, 2.75) is 25.3 Å². The van der Waals surface area contributed by atoms with Crippen LogP contribution in [0, 0.1) is 0 Å². The van der Waals surface area contributed by atoms with Crippen molar-refractivity contribution in [2.75, 3.05) is 27.3 Å². The molecule has 1 saturated heterocycles. The number of benzene rings is 1. The van der Waals surface area contributed by atoms with E-state index in [1.165, 1.54) is 0 Å². The van der Waals surface area contributed by atoms with E-state index in [-0.39, 0.29) is 6.04 Å². The summed E-state index contributed by atoms with van der Waals surface area (Å²) < 4.78 is 10.5. The summed E-state index contributed by atoms with van der Waals surface area (Å²) >= 11 is 0. The lowest BCUT2D eigenvalue weighted by atomic mass is 10.1. The SMILES string of the molecule is COc1ccc(CCN2CCC[C@H]2C(=O)O)cc1OC. The number of carboxylic acid groups (broad SMARTS) is 1. The topological polar surface area (TPSA) is 59.0 Å². The maximum absolute atomic E-state index is 11.1. The van der Waals surface area contributed by atoms with Crippen molar-refractivity contribution in [3.8, 4) is 11.5 Å². The minimum Gasteiger partial charge on any atom is -0.493 e. The molecule has 1 atom stereocenters. The van der Waals surface area contributed by atoms with Crippen molar-refractivity contribution in [3.05, 3.63) is 23.8 Å². The summed E-state index contributed by atoms with van der Waals surface area (Å²) in [6.45, 7) is 1.62. The fraction of sp³-hybridized carbons (Fsp3) is 0.533. The number of hydrogen-bond donors (Lipinski definition) is 1. The Kier molecular flexibility index (Phi) is 4.84. The average molecular weight is 279 g/mol. The Labute approximate surface area is 119 Å². The molecule has 20 heavy (non-hydrogen) atoms. The molecule has 110 valence electrons. The number of carbonyl (C=O) groups is 1. The fourth-order valence-electron chi connectivity index (χ4n) is 2.68. The first-order valence-corrected chi connectivity index (χ1v) is 6.83. The molecule has 1 aliphatic rings. The lowest BCUT2D eigenvalue weighted by molar-refractivity contribution is -0.142. The molecule has 1 aliphatic heterocycles. The van der Waals surface area contributed by atoms with Crippen LogP contribution in [0.5, 0.6) is 11.5 Å². The first-order valence-electron chi connectivity index (χ1n) is 6.83. The minimum absolute atomic E-state index is 0.324. The monoisotopic (exact) mass is 279 g/mol. The number of carboxylic acids is 1. The third-order valence-corrected chi connectivity index (χ3v) is 3.78. The van der Waals surface area contributed by atoms with Crippen LogP contribution in [0.1, 0.15) is 18.4 Å². The molecule has 2 rings (SSSR count). The molecule has 0 aromatic heterocycles. The number of methoxy groups -OCH3 is 2. The third-order valence-electron chi connectivity index (χ3n) is 3.78. The summed E-state index contributed by atoms with van der Waals surface area (Å²) in [6, 6.07) is 5.50. The van der Waals surface area contributed by atoms with Gasteiger partial charge in [0.25, 0.3) is 0 Å². The first kappa shape index (κ1) is 14.7. The minimum atomic E-state index is -0.713. The molecule has 5 heteroatoms. The Bertz CT molecular complexity index is 475. The number of aliphatic carboxylic acids is 1. The van der Waals surface area contributed by atoms with Crippen LogP contribution in [0.2, 0.25) is 0 Å². The highest BCUT2D eigenvalue weighted by Crippen LogP contribution is 2.28. The second kappa shape index (κ2) is 6.61. The van der Waals surface area contributed by atoms with Gasteiger partial charge in [0, 0.05) is 6.54 Å². The van der Waals surface area contributed by atoms with Gasteiger partial charge in [-0.3, -0.25) is 9.69 Å². The van der Waals surface area contributed by atoms with Crippen molar-refractivity contribution in [1.82, 2.24) is 4.90 Å². The number of likely N-dealkylation sites (tertiary alicyclic amines) is 1. The Morgan fingerprint density at radius 2 is 2.10 bits per heavy atom. The van der Waals surface area contributed by atoms with Gasteiger partial charge in [-0.05, 0) is 43.5 Å². The first-order chi connectivity index (χ1) is 9.65. The highest BCUT2D eigenvalue weighted by Gasteiger charge is 2.29. The molecular weight excluding hydrogens is 258 g/mol. The van der Waals surface area contributed by atoms with Crippen LogP contribution < -0.4 is 9.47 Å². The molecule has 1 aromatic rings. The maximum atomic E-state index is 11.1. The fourth-order valence-corrected chi connectivity index (χ4v) is 2.68. The van der Waals surface area contributed by atoms with E-state index < -0.39 is 5.97 Å². The predicted octanol–water partition coefficient (Wildman–Crippen LogP) is 1.80. The summed E-state index contributed by atoms with van der Waals surface area (Å²) in [7, 11) is 3.22. The van der Waals surface area contributed by atoms with Crippen LogP contribution in [0.3, 0.4) is 0 Å². The molecular formula is C15H21NO4. The molecule has 0 saturated carbocycles. The van der Waals surface area contributed by atoms with E-state index in [0.29, 0.717) is 11.5 Å². The number of rotatable bonds is 6. The van der Waals surface area contributed by atoms with Crippen LogP contribution in [0.4, 0.5) is 0 Å². The summed E-state index contributed by atoms with van der Waals surface area (Å²) in [4.78, 5) is 13.2.